The number of carboxylic acids is 1. The second-order valence-electron chi connectivity index (χ2n) is 5.00. The minimum Gasteiger partial charge on any atom is -0.481 e. The van der Waals surface area contributed by atoms with Crippen LogP contribution in [-0.2, 0) is 19.6 Å². The van der Waals surface area contributed by atoms with Crippen LogP contribution in [0.25, 0.3) is 0 Å². The molecule has 0 aromatic heterocycles. The molecule has 0 bridgehead atoms. The van der Waals surface area contributed by atoms with Crippen molar-refractivity contribution in [2.24, 2.45) is 0 Å². The highest BCUT2D eigenvalue weighted by Gasteiger charge is 2.36. The van der Waals surface area contributed by atoms with E-state index in [1.807, 2.05) is 6.07 Å². The molecule has 1 saturated heterocycles. The number of morpholine rings is 1. The van der Waals surface area contributed by atoms with Crippen molar-refractivity contribution in [1.29, 1.82) is 5.26 Å². The average molecular weight is 324 g/mol. The predicted molar refractivity (Wildman–Crippen MR) is 76.6 cm³/mol. The van der Waals surface area contributed by atoms with Crippen molar-refractivity contribution in [3.05, 3.63) is 29.3 Å². The maximum absolute atomic E-state index is 12.8. The van der Waals surface area contributed by atoms with Crippen LogP contribution in [0.4, 0.5) is 0 Å². The molecule has 1 fully saturated rings. The molecule has 118 valence electrons. The number of hydrogen-bond donors (Lipinski definition) is 1. The first kappa shape index (κ1) is 16.4. The highest BCUT2D eigenvalue weighted by molar-refractivity contribution is 7.89. The standard InChI is InChI=1S/C14H16N2O5S/c1-10-3-2-4-13(12(10)8-15)22(19,20)16-5-6-21-9-11(16)7-14(17)18/h2-4,11H,5-7,9H2,1H3,(H,17,18). The summed E-state index contributed by atoms with van der Waals surface area (Å²) in [7, 11) is -3.95. The Kier molecular flexibility index (Phi) is 4.81. The van der Waals surface area contributed by atoms with Gasteiger partial charge in [-0.3, -0.25) is 4.79 Å². The maximum Gasteiger partial charge on any atom is 0.305 e. The van der Waals surface area contributed by atoms with Crippen molar-refractivity contribution in [3.63, 3.8) is 0 Å². The molecule has 22 heavy (non-hydrogen) atoms. The van der Waals surface area contributed by atoms with Crippen molar-refractivity contribution in [1.82, 2.24) is 4.31 Å². The molecule has 1 unspecified atom stereocenters. The summed E-state index contributed by atoms with van der Waals surface area (Å²) >= 11 is 0. The number of nitriles is 1. The SMILES string of the molecule is Cc1cccc(S(=O)(=O)N2CCOCC2CC(=O)O)c1C#N. The maximum atomic E-state index is 12.8. The molecular formula is C14H16N2O5S. The quantitative estimate of drug-likeness (QED) is 0.875. The molecule has 1 atom stereocenters. The first-order valence-corrected chi connectivity index (χ1v) is 8.13. The van der Waals surface area contributed by atoms with Crippen LogP contribution in [0.5, 0.6) is 0 Å². The highest BCUT2D eigenvalue weighted by atomic mass is 32.2. The second kappa shape index (κ2) is 6.44. The van der Waals surface area contributed by atoms with Crippen molar-refractivity contribution in [2.75, 3.05) is 19.8 Å². The molecule has 1 aliphatic rings. The van der Waals surface area contributed by atoms with Gasteiger partial charge in [-0.25, -0.2) is 8.42 Å². The zero-order chi connectivity index (χ0) is 16.3. The topological polar surface area (TPSA) is 108 Å². The van der Waals surface area contributed by atoms with Crippen LogP contribution in [-0.4, -0.2) is 49.6 Å². The second-order valence-corrected chi connectivity index (χ2v) is 6.86. The van der Waals surface area contributed by atoms with Crippen LogP contribution in [0.3, 0.4) is 0 Å². The van der Waals surface area contributed by atoms with Crippen LogP contribution in [0, 0.1) is 18.3 Å². The predicted octanol–water partition coefficient (Wildman–Crippen LogP) is 0.731. The van der Waals surface area contributed by atoms with Crippen LogP contribution < -0.4 is 0 Å². The molecule has 0 amide bonds. The van der Waals surface area contributed by atoms with Crippen LogP contribution >= 0.6 is 0 Å². The lowest BCUT2D eigenvalue weighted by molar-refractivity contribution is -0.139. The molecule has 0 saturated carbocycles. The minimum absolute atomic E-state index is 0.0270. The zero-order valence-corrected chi connectivity index (χ0v) is 12.8. The Hall–Kier alpha value is -1.95. The molecule has 0 spiro atoms. The number of sulfonamides is 1. The van der Waals surface area contributed by atoms with E-state index in [1.165, 1.54) is 6.07 Å². The third kappa shape index (κ3) is 3.11. The van der Waals surface area contributed by atoms with Crippen LogP contribution in [0.1, 0.15) is 17.5 Å². The fourth-order valence-corrected chi connectivity index (χ4v) is 4.25. The summed E-state index contributed by atoms with van der Waals surface area (Å²) in [6, 6.07) is 5.73. The summed E-state index contributed by atoms with van der Waals surface area (Å²) in [5, 5.41) is 18.2. The third-order valence-electron chi connectivity index (χ3n) is 3.52. The molecule has 1 heterocycles. The molecule has 7 nitrogen and oxygen atoms in total. The van der Waals surface area contributed by atoms with E-state index in [1.54, 1.807) is 19.1 Å². The summed E-state index contributed by atoms with van der Waals surface area (Å²) in [6.07, 6.45) is -0.340. The van der Waals surface area contributed by atoms with Gasteiger partial charge in [0.15, 0.2) is 0 Å². The van der Waals surface area contributed by atoms with Gasteiger partial charge in [-0.15, -0.1) is 0 Å². The van der Waals surface area contributed by atoms with E-state index in [0.717, 1.165) is 4.31 Å². The number of ether oxygens (including phenoxy) is 1. The van der Waals surface area contributed by atoms with Gasteiger partial charge in [0.05, 0.1) is 31.2 Å². The molecule has 1 aliphatic heterocycles. The van der Waals surface area contributed by atoms with Crippen molar-refractivity contribution in [2.45, 2.75) is 24.3 Å². The van der Waals surface area contributed by atoms with Gasteiger partial charge < -0.3 is 9.84 Å². The van der Waals surface area contributed by atoms with Gasteiger partial charge in [0, 0.05) is 6.54 Å². The summed E-state index contributed by atoms with van der Waals surface area (Å²) in [6.45, 7) is 1.95. The Labute approximate surface area is 128 Å². The minimum atomic E-state index is -3.95. The van der Waals surface area contributed by atoms with Gasteiger partial charge >= 0.3 is 5.97 Å². The highest BCUT2D eigenvalue weighted by Crippen LogP contribution is 2.26. The number of carbonyl (C=O) groups is 1. The zero-order valence-electron chi connectivity index (χ0n) is 12.0. The number of carboxylic acid groups (broad SMARTS) is 1. The molecule has 1 aromatic rings. The van der Waals surface area contributed by atoms with E-state index < -0.39 is 22.0 Å². The van der Waals surface area contributed by atoms with Gasteiger partial charge in [0.1, 0.15) is 11.0 Å². The molecule has 0 radical (unpaired) electrons. The number of nitrogens with zero attached hydrogens (tertiary/aromatic N) is 2. The van der Waals surface area contributed by atoms with Crippen molar-refractivity contribution in [3.8, 4) is 6.07 Å². The average Bonchev–Trinajstić information content (AvgIpc) is 2.46. The molecule has 0 aliphatic carbocycles. The van der Waals surface area contributed by atoms with Crippen molar-refractivity contribution >= 4 is 16.0 Å². The van der Waals surface area contributed by atoms with E-state index in [4.69, 9.17) is 9.84 Å². The Morgan fingerprint density at radius 1 is 1.55 bits per heavy atom. The Balaban J connectivity index is 2.47. The number of benzene rings is 1. The molecule has 1 aromatic carbocycles. The van der Waals surface area contributed by atoms with Crippen molar-refractivity contribution < 1.29 is 23.1 Å². The molecule has 2 rings (SSSR count). The van der Waals surface area contributed by atoms with Crippen LogP contribution in [0.2, 0.25) is 0 Å². The summed E-state index contributed by atoms with van der Waals surface area (Å²) in [4.78, 5) is 10.8. The number of aliphatic carboxylic acids is 1. The first-order valence-electron chi connectivity index (χ1n) is 6.69. The summed E-state index contributed by atoms with van der Waals surface area (Å²) in [5.74, 6) is -1.10. The number of hydrogen-bond acceptors (Lipinski definition) is 5. The normalized spacial score (nSPS) is 19.5. The smallest absolute Gasteiger partial charge is 0.305 e. The Morgan fingerprint density at radius 3 is 2.91 bits per heavy atom. The molecule has 1 N–H and O–H groups in total. The fourth-order valence-electron chi connectivity index (χ4n) is 2.44. The molecule has 8 heteroatoms. The Bertz CT molecular complexity index is 723. The van der Waals surface area contributed by atoms with Crippen LogP contribution in [0.15, 0.2) is 23.1 Å². The van der Waals surface area contributed by atoms with Gasteiger partial charge in [-0.1, -0.05) is 12.1 Å². The lowest BCUT2D eigenvalue weighted by Gasteiger charge is -2.34. The van der Waals surface area contributed by atoms with E-state index in [9.17, 15) is 18.5 Å². The number of aryl methyl sites for hydroxylation is 1. The third-order valence-corrected chi connectivity index (χ3v) is 5.51. The van der Waals surface area contributed by atoms with Gasteiger partial charge in [-0.2, -0.15) is 9.57 Å². The first-order chi connectivity index (χ1) is 10.4. The van der Waals surface area contributed by atoms with E-state index in [-0.39, 0.29) is 36.6 Å². The van der Waals surface area contributed by atoms with E-state index in [0.29, 0.717) is 5.56 Å². The lowest BCUT2D eigenvalue weighted by Crippen LogP contribution is -2.49. The Morgan fingerprint density at radius 2 is 2.27 bits per heavy atom. The van der Waals surface area contributed by atoms with Gasteiger partial charge in [0.2, 0.25) is 10.0 Å². The van der Waals surface area contributed by atoms with Gasteiger partial charge in [-0.05, 0) is 18.6 Å². The summed E-state index contributed by atoms with van der Waals surface area (Å²) in [5.41, 5.74) is 0.648. The largest absolute Gasteiger partial charge is 0.481 e. The van der Waals surface area contributed by atoms with Gasteiger partial charge in [0.25, 0.3) is 0 Å². The fraction of sp³-hybridized carbons (Fsp3) is 0.429. The molecular weight excluding hydrogens is 308 g/mol. The number of rotatable bonds is 4. The van der Waals surface area contributed by atoms with E-state index in [2.05, 4.69) is 0 Å². The van der Waals surface area contributed by atoms with E-state index >= 15 is 0 Å². The lowest BCUT2D eigenvalue weighted by atomic mass is 10.1. The summed E-state index contributed by atoms with van der Waals surface area (Å²) < 4.78 is 32.0. The monoisotopic (exact) mass is 324 g/mol.